The van der Waals surface area contributed by atoms with Crippen molar-refractivity contribution in [3.05, 3.63) is 12.2 Å². The van der Waals surface area contributed by atoms with Gasteiger partial charge in [-0.05, 0) is 45.2 Å². The van der Waals surface area contributed by atoms with Gasteiger partial charge in [-0.1, -0.05) is 6.58 Å². The van der Waals surface area contributed by atoms with Crippen molar-refractivity contribution < 1.29 is 4.74 Å². The quantitative estimate of drug-likeness (QED) is 0.370. The third kappa shape index (κ3) is 6.31. The summed E-state index contributed by atoms with van der Waals surface area (Å²) in [6.45, 7) is 7.26. The van der Waals surface area contributed by atoms with Gasteiger partial charge in [0.05, 0.1) is 6.61 Å². The summed E-state index contributed by atoms with van der Waals surface area (Å²) in [5, 5.41) is 0.536. The minimum absolute atomic E-state index is 0.536. The second kappa shape index (κ2) is 6.14. The maximum absolute atomic E-state index is 5.26. The normalized spacial score (nSPS) is 10.0. The Kier molecular flexibility index (Phi) is 5.93. The molecule has 70 valence electrons. The maximum Gasteiger partial charge on any atom is 0.186 e. The Morgan fingerprint density at radius 1 is 1.50 bits per heavy atom. The van der Waals surface area contributed by atoms with Gasteiger partial charge in [-0.2, -0.15) is 0 Å². The molecule has 12 heavy (non-hydrogen) atoms. The summed E-state index contributed by atoms with van der Waals surface area (Å²) in [6, 6.07) is 0. The number of rotatable bonds is 5. The Morgan fingerprint density at radius 3 is 2.50 bits per heavy atom. The summed E-state index contributed by atoms with van der Waals surface area (Å²) in [5.41, 5.74) is 0.829. The van der Waals surface area contributed by atoms with Gasteiger partial charge in [-0.15, -0.1) is 0 Å². The molecule has 0 saturated heterocycles. The van der Waals surface area contributed by atoms with Gasteiger partial charge in [0.1, 0.15) is 0 Å². The Balaban J connectivity index is 3.32. The van der Waals surface area contributed by atoms with E-state index in [1.54, 1.807) is 0 Å². The largest absolute Gasteiger partial charge is 0.483 e. The Morgan fingerprint density at radius 2 is 2.08 bits per heavy atom. The minimum Gasteiger partial charge on any atom is -0.483 e. The summed E-state index contributed by atoms with van der Waals surface area (Å²) in [6.07, 6.45) is 1.00. The minimum atomic E-state index is 0.536. The van der Waals surface area contributed by atoms with Gasteiger partial charge in [0.25, 0.3) is 0 Å². The van der Waals surface area contributed by atoms with Crippen LogP contribution in [0.1, 0.15) is 13.3 Å². The number of nitrogens with zero attached hydrogens (tertiary/aromatic N) is 1. The molecule has 0 radical (unpaired) electrons. The zero-order valence-corrected chi connectivity index (χ0v) is 8.91. The van der Waals surface area contributed by atoms with Crippen LogP contribution >= 0.6 is 12.2 Å². The van der Waals surface area contributed by atoms with Crippen molar-refractivity contribution in [2.24, 2.45) is 0 Å². The first kappa shape index (κ1) is 11.6. The Hall–Kier alpha value is -0.410. The molecule has 0 N–H and O–H groups in total. The molecule has 0 aromatic carbocycles. The van der Waals surface area contributed by atoms with Crippen LogP contribution in [0.2, 0.25) is 0 Å². The zero-order chi connectivity index (χ0) is 9.56. The molecule has 0 aliphatic carbocycles. The van der Waals surface area contributed by atoms with Crippen LogP contribution in [0.15, 0.2) is 12.2 Å². The van der Waals surface area contributed by atoms with E-state index >= 15 is 0 Å². The summed E-state index contributed by atoms with van der Waals surface area (Å²) < 4.78 is 5.26. The molecular weight excluding hydrogens is 170 g/mol. The van der Waals surface area contributed by atoms with Gasteiger partial charge in [0.2, 0.25) is 0 Å². The van der Waals surface area contributed by atoms with Gasteiger partial charge in [-0.3, -0.25) is 0 Å². The van der Waals surface area contributed by atoms with E-state index in [0.717, 1.165) is 18.5 Å². The van der Waals surface area contributed by atoms with E-state index in [-0.39, 0.29) is 0 Å². The molecule has 0 aliphatic heterocycles. The monoisotopic (exact) mass is 187 g/mol. The fourth-order valence-electron chi connectivity index (χ4n) is 0.669. The second-order valence-corrected chi connectivity index (χ2v) is 3.44. The lowest BCUT2D eigenvalue weighted by Gasteiger charge is -2.10. The van der Waals surface area contributed by atoms with Crippen LogP contribution in [0.25, 0.3) is 0 Å². The molecular formula is C9H17NOS. The Bertz CT molecular complexity index is 166. The van der Waals surface area contributed by atoms with Crippen molar-refractivity contribution in [3.8, 4) is 0 Å². The Labute approximate surface area is 80.2 Å². The van der Waals surface area contributed by atoms with E-state index in [1.807, 2.05) is 21.0 Å². The van der Waals surface area contributed by atoms with Crippen molar-refractivity contribution in [3.63, 3.8) is 0 Å². The van der Waals surface area contributed by atoms with E-state index in [0.29, 0.717) is 11.7 Å². The number of thiocarbonyl (C=S) groups is 1. The maximum atomic E-state index is 5.26. The first-order chi connectivity index (χ1) is 5.54. The summed E-state index contributed by atoms with van der Waals surface area (Å²) >= 11 is 4.92. The molecule has 0 amide bonds. The highest BCUT2D eigenvalue weighted by atomic mass is 32.1. The summed E-state index contributed by atoms with van der Waals surface area (Å²) in [5.74, 6) is 0. The van der Waals surface area contributed by atoms with Crippen LogP contribution in [0.4, 0.5) is 0 Å². The standard InChI is InChI=1S/C9H17NOS/c1-8(2)9(12)11-7-5-6-10(3)4/h1,5-7H2,2-4H3. The van der Waals surface area contributed by atoms with Crippen LogP contribution in [0.5, 0.6) is 0 Å². The molecule has 0 bridgehead atoms. The molecule has 0 atom stereocenters. The van der Waals surface area contributed by atoms with Crippen LogP contribution in [-0.4, -0.2) is 37.2 Å². The van der Waals surface area contributed by atoms with Crippen LogP contribution in [0.3, 0.4) is 0 Å². The third-order valence-electron chi connectivity index (χ3n) is 1.33. The van der Waals surface area contributed by atoms with E-state index in [2.05, 4.69) is 11.5 Å². The predicted molar refractivity (Wildman–Crippen MR) is 56.5 cm³/mol. The number of ether oxygens (including phenoxy) is 1. The molecule has 0 saturated carbocycles. The van der Waals surface area contributed by atoms with E-state index < -0.39 is 0 Å². The topological polar surface area (TPSA) is 12.5 Å². The second-order valence-electron chi connectivity index (χ2n) is 3.07. The highest BCUT2D eigenvalue weighted by Crippen LogP contribution is 1.96. The van der Waals surface area contributed by atoms with E-state index in [4.69, 9.17) is 17.0 Å². The fourth-order valence-corrected chi connectivity index (χ4v) is 0.752. The molecule has 0 aliphatic rings. The van der Waals surface area contributed by atoms with Gasteiger partial charge < -0.3 is 9.64 Å². The van der Waals surface area contributed by atoms with Crippen molar-refractivity contribution in [1.29, 1.82) is 0 Å². The molecule has 3 heteroatoms. The molecule has 0 aromatic heterocycles. The lowest BCUT2D eigenvalue weighted by atomic mass is 10.4. The van der Waals surface area contributed by atoms with Gasteiger partial charge in [-0.25, -0.2) is 0 Å². The smallest absolute Gasteiger partial charge is 0.186 e. The SMILES string of the molecule is C=C(C)C(=S)OCCCN(C)C. The molecule has 2 nitrogen and oxygen atoms in total. The van der Waals surface area contributed by atoms with Gasteiger partial charge >= 0.3 is 0 Å². The van der Waals surface area contributed by atoms with E-state index in [1.165, 1.54) is 0 Å². The molecule has 0 fully saturated rings. The van der Waals surface area contributed by atoms with Crippen molar-refractivity contribution in [1.82, 2.24) is 4.90 Å². The summed E-state index contributed by atoms with van der Waals surface area (Å²) in [4.78, 5) is 2.12. The summed E-state index contributed by atoms with van der Waals surface area (Å²) in [7, 11) is 4.08. The van der Waals surface area contributed by atoms with Crippen LogP contribution < -0.4 is 0 Å². The van der Waals surface area contributed by atoms with Crippen LogP contribution in [0, 0.1) is 0 Å². The van der Waals surface area contributed by atoms with Crippen molar-refractivity contribution >= 4 is 17.3 Å². The highest BCUT2D eigenvalue weighted by Gasteiger charge is 1.97. The predicted octanol–water partition coefficient (Wildman–Crippen LogP) is 1.86. The highest BCUT2D eigenvalue weighted by molar-refractivity contribution is 7.80. The fraction of sp³-hybridized carbons (Fsp3) is 0.667. The average molecular weight is 187 g/mol. The third-order valence-corrected chi connectivity index (χ3v) is 1.80. The first-order valence-electron chi connectivity index (χ1n) is 4.01. The van der Waals surface area contributed by atoms with Gasteiger partial charge in [0.15, 0.2) is 5.05 Å². The zero-order valence-electron chi connectivity index (χ0n) is 8.09. The van der Waals surface area contributed by atoms with Crippen molar-refractivity contribution in [2.45, 2.75) is 13.3 Å². The molecule has 0 rings (SSSR count). The van der Waals surface area contributed by atoms with E-state index in [9.17, 15) is 0 Å². The molecule has 0 unspecified atom stereocenters. The number of hydrogen-bond acceptors (Lipinski definition) is 3. The molecule has 0 heterocycles. The first-order valence-corrected chi connectivity index (χ1v) is 4.42. The average Bonchev–Trinajstić information content (AvgIpc) is 1.97. The van der Waals surface area contributed by atoms with Gasteiger partial charge in [0, 0.05) is 6.54 Å². The number of hydrogen-bond donors (Lipinski definition) is 0. The molecule has 0 aromatic rings. The van der Waals surface area contributed by atoms with Crippen molar-refractivity contribution in [2.75, 3.05) is 27.2 Å². The lowest BCUT2D eigenvalue weighted by Crippen LogP contribution is -2.15. The van der Waals surface area contributed by atoms with Crippen LogP contribution in [-0.2, 0) is 4.74 Å². The molecule has 0 spiro atoms. The lowest BCUT2D eigenvalue weighted by molar-refractivity contribution is 0.277.